The lowest BCUT2D eigenvalue weighted by Crippen LogP contribution is -2.26. The summed E-state index contributed by atoms with van der Waals surface area (Å²) in [6.45, 7) is 5.50. The maximum atomic E-state index is 12.8. The first kappa shape index (κ1) is 22.1. The molecular formula is C26H26O5. The molecule has 160 valence electrons. The molecule has 0 bridgehead atoms. The highest BCUT2D eigenvalue weighted by atomic mass is 16.6. The first-order valence-corrected chi connectivity index (χ1v) is 10.00. The third kappa shape index (κ3) is 5.95. The summed E-state index contributed by atoms with van der Waals surface area (Å²) in [5.41, 5.74) is 0.916. The normalized spacial score (nSPS) is 11.8. The summed E-state index contributed by atoms with van der Waals surface area (Å²) in [6.07, 6.45) is 1.71. The van der Waals surface area contributed by atoms with Crippen LogP contribution in [0.4, 0.5) is 0 Å². The molecule has 0 aliphatic rings. The molecule has 3 aromatic carbocycles. The van der Waals surface area contributed by atoms with Crippen molar-refractivity contribution in [2.75, 3.05) is 13.7 Å². The molecule has 0 aliphatic carbocycles. The van der Waals surface area contributed by atoms with E-state index in [1.54, 1.807) is 30.3 Å². The minimum atomic E-state index is -0.635. The first-order chi connectivity index (χ1) is 14.8. The number of rotatable bonds is 6. The fraction of sp³-hybridized carbons (Fsp3) is 0.231. The number of carbonyl (C=O) groups is 2. The predicted molar refractivity (Wildman–Crippen MR) is 121 cm³/mol. The third-order valence-electron chi connectivity index (χ3n) is 4.47. The summed E-state index contributed by atoms with van der Waals surface area (Å²) in [6, 6.07) is 20.5. The van der Waals surface area contributed by atoms with Crippen molar-refractivity contribution in [1.29, 1.82) is 0 Å². The lowest BCUT2D eigenvalue weighted by molar-refractivity contribution is -0.150. The van der Waals surface area contributed by atoms with Crippen LogP contribution in [0.3, 0.4) is 0 Å². The van der Waals surface area contributed by atoms with Crippen LogP contribution in [0.2, 0.25) is 0 Å². The molecule has 0 spiro atoms. The van der Waals surface area contributed by atoms with E-state index < -0.39 is 17.5 Å². The van der Waals surface area contributed by atoms with E-state index in [1.807, 2.05) is 63.2 Å². The van der Waals surface area contributed by atoms with Gasteiger partial charge in [0.25, 0.3) is 0 Å². The molecule has 31 heavy (non-hydrogen) atoms. The fourth-order valence-electron chi connectivity index (χ4n) is 3.01. The highest BCUT2D eigenvalue weighted by Gasteiger charge is 2.21. The molecule has 5 nitrogen and oxygen atoms in total. The van der Waals surface area contributed by atoms with Gasteiger partial charge in [0.15, 0.2) is 0 Å². The van der Waals surface area contributed by atoms with E-state index >= 15 is 0 Å². The molecule has 0 aliphatic heterocycles. The van der Waals surface area contributed by atoms with Gasteiger partial charge in [-0.15, -0.1) is 0 Å². The summed E-state index contributed by atoms with van der Waals surface area (Å²) in [7, 11) is 1.33. The number of hydrogen-bond donors (Lipinski definition) is 0. The Morgan fingerprint density at radius 2 is 1.58 bits per heavy atom. The van der Waals surface area contributed by atoms with E-state index in [4.69, 9.17) is 14.2 Å². The van der Waals surface area contributed by atoms with Gasteiger partial charge in [0.1, 0.15) is 18.0 Å². The number of fused-ring (bicyclic) bond motifs is 1. The van der Waals surface area contributed by atoms with Crippen molar-refractivity contribution >= 4 is 28.8 Å². The Bertz CT molecular complexity index is 1100. The molecule has 0 aromatic heterocycles. The zero-order valence-corrected chi connectivity index (χ0v) is 18.2. The van der Waals surface area contributed by atoms with Crippen LogP contribution in [0.25, 0.3) is 16.8 Å². The number of esters is 2. The minimum absolute atomic E-state index is 0.0433. The summed E-state index contributed by atoms with van der Waals surface area (Å²) in [4.78, 5) is 24.5. The Morgan fingerprint density at radius 3 is 2.26 bits per heavy atom. The van der Waals surface area contributed by atoms with Gasteiger partial charge in [0.05, 0.1) is 18.2 Å². The molecule has 0 saturated carbocycles. The zero-order valence-electron chi connectivity index (χ0n) is 18.2. The Morgan fingerprint density at radius 1 is 0.903 bits per heavy atom. The van der Waals surface area contributed by atoms with E-state index in [0.29, 0.717) is 16.9 Å². The molecule has 0 amide bonds. The van der Waals surface area contributed by atoms with Gasteiger partial charge < -0.3 is 14.2 Å². The van der Waals surface area contributed by atoms with Crippen LogP contribution >= 0.6 is 0 Å². The van der Waals surface area contributed by atoms with Crippen molar-refractivity contribution < 1.29 is 23.8 Å². The Hall–Kier alpha value is -3.60. The van der Waals surface area contributed by atoms with E-state index in [9.17, 15) is 9.59 Å². The maximum Gasteiger partial charge on any atom is 0.338 e. The average Bonchev–Trinajstić information content (AvgIpc) is 2.75. The van der Waals surface area contributed by atoms with E-state index in [0.717, 1.165) is 16.3 Å². The van der Waals surface area contributed by atoms with Crippen LogP contribution in [-0.2, 0) is 14.3 Å². The zero-order chi connectivity index (χ0) is 22.4. The van der Waals surface area contributed by atoms with Gasteiger partial charge in [-0.25, -0.2) is 9.59 Å². The van der Waals surface area contributed by atoms with Crippen LogP contribution in [0.15, 0.2) is 72.3 Å². The van der Waals surface area contributed by atoms with E-state index in [-0.39, 0.29) is 6.61 Å². The van der Waals surface area contributed by atoms with Gasteiger partial charge in [-0.05, 0) is 56.0 Å². The van der Waals surface area contributed by atoms with Crippen molar-refractivity contribution in [2.24, 2.45) is 0 Å². The number of benzene rings is 3. The lowest BCUT2D eigenvalue weighted by Gasteiger charge is -2.21. The van der Waals surface area contributed by atoms with Crippen molar-refractivity contribution in [2.45, 2.75) is 26.4 Å². The molecule has 0 atom stereocenters. The number of carbonyl (C=O) groups excluding carboxylic acids is 2. The molecule has 3 rings (SSSR count). The molecule has 0 radical (unpaired) electrons. The highest BCUT2D eigenvalue weighted by Crippen LogP contribution is 2.26. The number of methoxy groups -OCH3 is 1. The van der Waals surface area contributed by atoms with Crippen LogP contribution < -0.4 is 4.74 Å². The lowest BCUT2D eigenvalue weighted by atomic mass is 10.1. The SMILES string of the molecule is COC(=O)c1ccc(C=C(COc2cccc3ccccc23)C(=O)OC(C)(C)C)cc1. The quantitative estimate of drug-likeness (QED) is 0.395. The molecule has 0 saturated heterocycles. The second-order valence-corrected chi connectivity index (χ2v) is 8.05. The van der Waals surface area contributed by atoms with Gasteiger partial charge in [0.2, 0.25) is 0 Å². The maximum absolute atomic E-state index is 12.8. The fourth-order valence-corrected chi connectivity index (χ4v) is 3.01. The topological polar surface area (TPSA) is 61.8 Å². The van der Waals surface area contributed by atoms with Gasteiger partial charge in [0, 0.05) is 5.39 Å². The van der Waals surface area contributed by atoms with Gasteiger partial charge >= 0.3 is 11.9 Å². The van der Waals surface area contributed by atoms with Crippen molar-refractivity contribution in [1.82, 2.24) is 0 Å². The predicted octanol–water partition coefficient (Wildman–Crippen LogP) is 5.43. The highest BCUT2D eigenvalue weighted by molar-refractivity contribution is 5.95. The summed E-state index contributed by atoms with van der Waals surface area (Å²) < 4.78 is 16.3. The van der Waals surface area contributed by atoms with Crippen LogP contribution in [0, 0.1) is 0 Å². The Balaban J connectivity index is 1.88. The summed E-state index contributed by atoms with van der Waals surface area (Å²) >= 11 is 0. The van der Waals surface area contributed by atoms with E-state index in [1.165, 1.54) is 7.11 Å². The van der Waals surface area contributed by atoms with Crippen LogP contribution in [0.5, 0.6) is 5.75 Å². The Labute approximate surface area is 182 Å². The van der Waals surface area contributed by atoms with Crippen molar-refractivity contribution in [3.05, 3.63) is 83.4 Å². The molecule has 0 fully saturated rings. The largest absolute Gasteiger partial charge is 0.488 e. The van der Waals surface area contributed by atoms with Gasteiger partial charge in [-0.2, -0.15) is 0 Å². The van der Waals surface area contributed by atoms with Crippen LogP contribution in [0.1, 0.15) is 36.7 Å². The molecule has 0 heterocycles. The first-order valence-electron chi connectivity index (χ1n) is 10.00. The average molecular weight is 418 g/mol. The molecule has 0 unspecified atom stereocenters. The van der Waals surface area contributed by atoms with Gasteiger partial charge in [-0.1, -0.05) is 48.5 Å². The van der Waals surface area contributed by atoms with Crippen molar-refractivity contribution in [3.63, 3.8) is 0 Å². The third-order valence-corrected chi connectivity index (χ3v) is 4.47. The number of ether oxygens (including phenoxy) is 3. The molecular weight excluding hydrogens is 392 g/mol. The van der Waals surface area contributed by atoms with Crippen molar-refractivity contribution in [3.8, 4) is 5.75 Å². The minimum Gasteiger partial charge on any atom is -0.488 e. The smallest absolute Gasteiger partial charge is 0.338 e. The second-order valence-electron chi connectivity index (χ2n) is 8.05. The summed E-state index contributed by atoms with van der Waals surface area (Å²) in [5, 5.41) is 2.03. The summed E-state index contributed by atoms with van der Waals surface area (Å²) in [5.74, 6) is -0.180. The standard InChI is InChI=1S/C26H26O5/c1-26(2,3)31-25(28)21(16-18-12-14-20(15-13-18)24(27)29-4)17-30-23-11-7-9-19-8-5-6-10-22(19)23/h5-16H,17H2,1-4H3. The molecule has 3 aromatic rings. The van der Waals surface area contributed by atoms with Crippen LogP contribution in [-0.4, -0.2) is 31.3 Å². The monoisotopic (exact) mass is 418 g/mol. The molecule has 0 N–H and O–H groups in total. The van der Waals surface area contributed by atoms with E-state index in [2.05, 4.69) is 0 Å². The van der Waals surface area contributed by atoms with Gasteiger partial charge in [-0.3, -0.25) is 0 Å². The molecule has 5 heteroatoms. The Kier molecular flexibility index (Phi) is 6.75. The number of hydrogen-bond acceptors (Lipinski definition) is 5. The second kappa shape index (κ2) is 9.47.